The molecule has 0 amide bonds. The van der Waals surface area contributed by atoms with Crippen LogP contribution in [0.3, 0.4) is 0 Å². The van der Waals surface area contributed by atoms with Gasteiger partial charge in [-0.25, -0.2) is 0 Å². The Labute approximate surface area is 167 Å². The van der Waals surface area contributed by atoms with Crippen LogP contribution in [0.2, 0.25) is 0 Å². The first kappa shape index (κ1) is 18.6. The van der Waals surface area contributed by atoms with E-state index in [0.29, 0.717) is 12.8 Å². The second-order valence-electron chi connectivity index (χ2n) is 8.11. The molecule has 0 aromatic heterocycles. The van der Waals surface area contributed by atoms with Gasteiger partial charge in [-0.15, -0.1) is 6.42 Å². The van der Waals surface area contributed by atoms with Crippen molar-refractivity contribution >= 4 is 6.29 Å². The van der Waals surface area contributed by atoms with Crippen molar-refractivity contribution in [3.63, 3.8) is 0 Å². The molecular weight excluding hydrogens is 348 g/mol. The first-order valence-corrected chi connectivity index (χ1v) is 9.99. The maximum atomic E-state index is 11.7. The highest BCUT2D eigenvalue weighted by Crippen LogP contribution is 2.58. The Morgan fingerprint density at radius 3 is 2.36 bits per heavy atom. The largest absolute Gasteiger partial charge is 0.493 e. The highest BCUT2D eigenvalue weighted by atomic mass is 16.5. The second kappa shape index (κ2) is 7.36. The number of benzene rings is 2. The molecule has 2 aliphatic carbocycles. The summed E-state index contributed by atoms with van der Waals surface area (Å²) in [6.07, 6.45) is 12.7. The van der Waals surface area contributed by atoms with Crippen LogP contribution in [0.4, 0.5) is 0 Å². The van der Waals surface area contributed by atoms with Crippen LogP contribution in [0.5, 0.6) is 11.5 Å². The molecule has 2 aromatic carbocycles. The van der Waals surface area contributed by atoms with Gasteiger partial charge < -0.3 is 14.3 Å². The molecule has 2 fully saturated rings. The van der Waals surface area contributed by atoms with Gasteiger partial charge in [-0.05, 0) is 61.8 Å². The predicted molar refractivity (Wildman–Crippen MR) is 110 cm³/mol. The first-order valence-electron chi connectivity index (χ1n) is 9.99. The Kier molecular flexibility index (Phi) is 4.89. The number of carbonyl (C=O) groups is 1. The van der Waals surface area contributed by atoms with Gasteiger partial charge in [0, 0.05) is 5.41 Å². The van der Waals surface area contributed by atoms with E-state index in [0.717, 1.165) is 36.2 Å². The van der Waals surface area contributed by atoms with Gasteiger partial charge in [0.2, 0.25) is 0 Å². The highest BCUT2D eigenvalue weighted by Gasteiger charge is 2.56. The molecular formula is C25H26O3. The van der Waals surface area contributed by atoms with Gasteiger partial charge in [0.25, 0.3) is 0 Å². The zero-order valence-electron chi connectivity index (χ0n) is 16.3. The zero-order chi connectivity index (χ0) is 19.6. The van der Waals surface area contributed by atoms with Gasteiger partial charge in [-0.1, -0.05) is 42.3 Å². The van der Waals surface area contributed by atoms with E-state index in [-0.39, 0.29) is 11.5 Å². The van der Waals surface area contributed by atoms with Crippen LogP contribution in [0.1, 0.15) is 49.7 Å². The van der Waals surface area contributed by atoms with Crippen LogP contribution in [0, 0.1) is 17.8 Å². The summed E-state index contributed by atoms with van der Waals surface area (Å²) in [6, 6.07) is 16.5. The van der Waals surface area contributed by atoms with Gasteiger partial charge in [-0.3, -0.25) is 0 Å². The zero-order valence-corrected chi connectivity index (χ0v) is 16.3. The number of terminal acetylenes is 1. The minimum atomic E-state index is -0.692. The van der Waals surface area contributed by atoms with Gasteiger partial charge >= 0.3 is 0 Å². The molecule has 0 radical (unpaired) electrons. The number of hydrogen-bond donors (Lipinski definition) is 0. The third-order valence-electron chi connectivity index (χ3n) is 6.39. The molecule has 2 aromatic rings. The molecule has 28 heavy (non-hydrogen) atoms. The molecule has 0 heterocycles. The SMILES string of the molecule is C#C[C@]1(C=O)C[C@](c2ccccc2)(c2ccc(OC)c(OC3CCCC3)c2)C1. The molecule has 0 aliphatic heterocycles. The van der Waals surface area contributed by atoms with Crippen molar-refractivity contribution in [3.05, 3.63) is 59.7 Å². The Balaban J connectivity index is 1.75. The molecule has 3 nitrogen and oxygen atoms in total. The fraction of sp³-hybridized carbons (Fsp3) is 0.400. The molecule has 0 N–H and O–H groups in total. The third-order valence-corrected chi connectivity index (χ3v) is 6.39. The van der Waals surface area contributed by atoms with Crippen LogP contribution in [-0.4, -0.2) is 19.5 Å². The van der Waals surface area contributed by atoms with Crippen molar-refractivity contribution in [1.29, 1.82) is 0 Å². The lowest BCUT2D eigenvalue weighted by Gasteiger charge is -2.52. The number of methoxy groups -OCH3 is 1. The summed E-state index contributed by atoms with van der Waals surface area (Å²) in [5, 5.41) is 0. The molecule has 0 saturated heterocycles. The van der Waals surface area contributed by atoms with E-state index in [1.54, 1.807) is 7.11 Å². The molecule has 3 heteroatoms. The van der Waals surface area contributed by atoms with Crippen molar-refractivity contribution in [2.45, 2.75) is 50.0 Å². The summed E-state index contributed by atoms with van der Waals surface area (Å²) >= 11 is 0. The minimum absolute atomic E-state index is 0.248. The summed E-state index contributed by atoms with van der Waals surface area (Å²) in [7, 11) is 1.67. The molecule has 2 aliphatic rings. The number of ether oxygens (including phenoxy) is 2. The molecule has 2 saturated carbocycles. The van der Waals surface area contributed by atoms with E-state index in [1.165, 1.54) is 18.4 Å². The van der Waals surface area contributed by atoms with E-state index in [9.17, 15) is 4.79 Å². The van der Waals surface area contributed by atoms with E-state index in [2.05, 4.69) is 30.2 Å². The fourth-order valence-electron chi connectivity index (χ4n) is 4.83. The highest BCUT2D eigenvalue weighted by molar-refractivity contribution is 5.70. The average Bonchev–Trinajstić information content (AvgIpc) is 3.22. The molecule has 4 rings (SSSR count). The van der Waals surface area contributed by atoms with Crippen LogP contribution in [0.25, 0.3) is 0 Å². The summed E-state index contributed by atoms with van der Waals surface area (Å²) in [6.45, 7) is 0. The Morgan fingerprint density at radius 2 is 1.75 bits per heavy atom. The van der Waals surface area contributed by atoms with Crippen LogP contribution < -0.4 is 9.47 Å². The molecule has 144 valence electrons. The molecule has 0 atom stereocenters. The summed E-state index contributed by atoms with van der Waals surface area (Å²) in [5.41, 5.74) is 1.33. The van der Waals surface area contributed by atoms with E-state index in [4.69, 9.17) is 15.9 Å². The minimum Gasteiger partial charge on any atom is -0.493 e. The summed E-state index contributed by atoms with van der Waals surface area (Å²) in [4.78, 5) is 11.7. The Bertz CT molecular complexity index is 882. The number of rotatable bonds is 6. The smallest absolute Gasteiger partial charge is 0.161 e. The number of carbonyl (C=O) groups excluding carboxylic acids is 1. The van der Waals surface area contributed by atoms with Gasteiger partial charge in [-0.2, -0.15) is 0 Å². The normalized spacial score (nSPS) is 26.9. The maximum absolute atomic E-state index is 11.7. The number of hydrogen-bond acceptors (Lipinski definition) is 3. The molecule has 0 spiro atoms. The number of aldehydes is 1. The maximum Gasteiger partial charge on any atom is 0.161 e. The van der Waals surface area contributed by atoms with Crippen molar-refractivity contribution in [3.8, 4) is 23.8 Å². The van der Waals surface area contributed by atoms with Gasteiger partial charge in [0.15, 0.2) is 11.5 Å². The lowest BCUT2D eigenvalue weighted by atomic mass is 9.49. The van der Waals surface area contributed by atoms with Crippen molar-refractivity contribution in [1.82, 2.24) is 0 Å². The second-order valence-corrected chi connectivity index (χ2v) is 8.11. The summed E-state index contributed by atoms with van der Waals surface area (Å²) in [5.74, 6) is 4.26. The summed E-state index contributed by atoms with van der Waals surface area (Å²) < 4.78 is 11.9. The van der Waals surface area contributed by atoms with E-state index in [1.807, 2.05) is 24.3 Å². The Morgan fingerprint density at radius 1 is 1.04 bits per heavy atom. The lowest BCUT2D eigenvalue weighted by Crippen LogP contribution is -2.50. The average molecular weight is 374 g/mol. The topological polar surface area (TPSA) is 35.5 Å². The lowest BCUT2D eigenvalue weighted by molar-refractivity contribution is -0.119. The monoisotopic (exact) mass is 374 g/mol. The van der Waals surface area contributed by atoms with Crippen molar-refractivity contribution in [2.75, 3.05) is 7.11 Å². The van der Waals surface area contributed by atoms with Crippen LogP contribution >= 0.6 is 0 Å². The predicted octanol–water partition coefficient (Wildman–Crippen LogP) is 4.92. The van der Waals surface area contributed by atoms with Crippen molar-refractivity contribution in [2.24, 2.45) is 5.41 Å². The van der Waals surface area contributed by atoms with Gasteiger partial charge in [0.1, 0.15) is 6.29 Å². The van der Waals surface area contributed by atoms with Crippen LogP contribution in [-0.2, 0) is 10.2 Å². The Hall–Kier alpha value is -2.73. The molecule has 0 unspecified atom stereocenters. The van der Waals surface area contributed by atoms with E-state index < -0.39 is 5.41 Å². The van der Waals surface area contributed by atoms with Crippen molar-refractivity contribution < 1.29 is 14.3 Å². The van der Waals surface area contributed by atoms with Crippen LogP contribution in [0.15, 0.2) is 48.5 Å². The van der Waals surface area contributed by atoms with E-state index >= 15 is 0 Å². The molecule has 0 bridgehead atoms. The van der Waals surface area contributed by atoms with Gasteiger partial charge in [0.05, 0.1) is 18.6 Å². The third kappa shape index (κ3) is 3.07. The fourth-order valence-corrected chi connectivity index (χ4v) is 4.83. The standard InChI is InChI=1S/C25H26O3/c1-3-24(18-26)16-25(17-24,19-9-5-4-6-10-19)20-13-14-22(27-2)23(15-20)28-21-11-7-8-12-21/h1,4-6,9-10,13-15,18,21H,7-8,11-12,16-17H2,2H3/t24-,25-. The quantitative estimate of drug-likeness (QED) is 0.532. The first-order chi connectivity index (χ1) is 13.6.